The molecule has 0 aliphatic carbocycles. The highest BCUT2D eigenvalue weighted by molar-refractivity contribution is 5.59. The first-order valence-electron chi connectivity index (χ1n) is 11.0. The van der Waals surface area contributed by atoms with E-state index in [4.69, 9.17) is 4.74 Å². The van der Waals surface area contributed by atoms with Gasteiger partial charge in [-0.15, -0.1) is 0 Å². The van der Waals surface area contributed by atoms with Crippen LogP contribution in [0.4, 0.5) is 0 Å². The van der Waals surface area contributed by atoms with Crippen molar-refractivity contribution in [2.24, 2.45) is 0 Å². The van der Waals surface area contributed by atoms with E-state index in [1.807, 2.05) is 18.3 Å². The molecule has 0 spiro atoms. The van der Waals surface area contributed by atoms with Crippen LogP contribution in [-0.2, 0) is 19.3 Å². The summed E-state index contributed by atoms with van der Waals surface area (Å²) in [6.45, 7) is 5.19. The van der Waals surface area contributed by atoms with Gasteiger partial charge in [0.25, 0.3) is 0 Å². The standard InChI is InChI=1S/C27H33NO/c1-3-5-6-7-20-29-26-18-19-27(28-21-26)25-16-14-24(15-17-25)13-12-23-10-8-22(4-2)9-11-23/h8-11,14-19,21H,3-7,12-13,20H2,1-2H3. The van der Waals surface area contributed by atoms with Gasteiger partial charge in [0.2, 0.25) is 0 Å². The van der Waals surface area contributed by atoms with E-state index in [9.17, 15) is 0 Å². The first-order chi connectivity index (χ1) is 14.3. The molecule has 2 heteroatoms. The van der Waals surface area contributed by atoms with Gasteiger partial charge in [0.1, 0.15) is 5.75 Å². The highest BCUT2D eigenvalue weighted by Crippen LogP contribution is 2.21. The number of aryl methyl sites for hydroxylation is 3. The average Bonchev–Trinajstić information content (AvgIpc) is 2.79. The predicted octanol–water partition coefficient (Wildman–Crippen LogP) is 7.06. The molecule has 0 bridgehead atoms. The van der Waals surface area contributed by atoms with Crippen LogP contribution in [0.15, 0.2) is 66.9 Å². The lowest BCUT2D eigenvalue weighted by molar-refractivity contribution is 0.304. The molecule has 0 unspecified atom stereocenters. The predicted molar refractivity (Wildman–Crippen MR) is 123 cm³/mol. The van der Waals surface area contributed by atoms with Gasteiger partial charge >= 0.3 is 0 Å². The highest BCUT2D eigenvalue weighted by atomic mass is 16.5. The van der Waals surface area contributed by atoms with E-state index >= 15 is 0 Å². The van der Waals surface area contributed by atoms with Crippen LogP contribution in [0.5, 0.6) is 5.75 Å². The van der Waals surface area contributed by atoms with Crippen LogP contribution in [0.3, 0.4) is 0 Å². The quantitative estimate of drug-likeness (QED) is 0.329. The van der Waals surface area contributed by atoms with Crippen LogP contribution < -0.4 is 4.74 Å². The largest absolute Gasteiger partial charge is 0.492 e. The minimum absolute atomic E-state index is 0.775. The summed E-state index contributed by atoms with van der Waals surface area (Å²) < 4.78 is 5.79. The lowest BCUT2D eigenvalue weighted by Crippen LogP contribution is -1.97. The summed E-state index contributed by atoms with van der Waals surface area (Å²) in [6.07, 6.45) is 9.95. The third kappa shape index (κ3) is 6.74. The second kappa shape index (κ2) is 11.4. The minimum atomic E-state index is 0.775. The summed E-state index contributed by atoms with van der Waals surface area (Å²) >= 11 is 0. The van der Waals surface area contributed by atoms with Gasteiger partial charge < -0.3 is 4.74 Å². The SMILES string of the molecule is CCCCCCOc1ccc(-c2ccc(CCc3ccc(CC)cc3)cc2)nc1. The monoisotopic (exact) mass is 387 g/mol. The van der Waals surface area contributed by atoms with Crippen LogP contribution >= 0.6 is 0 Å². The van der Waals surface area contributed by atoms with E-state index in [-0.39, 0.29) is 0 Å². The van der Waals surface area contributed by atoms with E-state index < -0.39 is 0 Å². The molecule has 0 N–H and O–H groups in total. The van der Waals surface area contributed by atoms with E-state index in [0.717, 1.165) is 49.3 Å². The van der Waals surface area contributed by atoms with E-state index in [2.05, 4.69) is 67.4 Å². The van der Waals surface area contributed by atoms with Crippen molar-refractivity contribution in [1.82, 2.24) is 4.98 Å². The second-order valence-electron chi connectivity index (χ2n) is 7.66. The smallest absolute Gasteiger partial charge is 0.137 e. The Bertz CT molecular complexity index is 835. The molecule has 0 atom stereocenters. The molecule has 0 fully saturated rings. The molecule has 1 heterocycles. The molecule has 0 aliphatic heterocycles. The first kappa shape index (κ1) is 21.1. The lowest BCUT2D eigenvalue weighted by atomic mass is 10.0. The van der Waals surface area contributed by atoms with Crippen molar-refractivity contribution in [2.75, 3.05) is 6.61 Å². The molecule has 2 aromatic carbocycles. The van der Waals surface area contributed by atoms with Crippen LogP contribution in [0.2, 0.25) is 0 Å². The zero-order valence-electron chi connectivity index (χ0n) is 17.9. The Balaban J connectivity index is 1.50. The number of hydrogen-bond acceptors (Lipinski definition) is 2. The molecule has 29 heavy (non-hydrogen) atoms. The van der Waals surface area contributed by atoms with Gasteiger partial charge in [0.15, 0.2) is 0 Å². The molecule has 0 saturated heterocycles. The number of unbranched alkanes of at least 4 members (excludes halogenated alkanes) is 3. The van der Waals surface area contributed by atoms with Gasteiger partial charge in [-0.05, 0) is 54.5 Å². The van der Waals surface area contributed by atoms with Gasteiger partial charge in [-0.1, -0.05) is 81.6 Å². The summed E-state index contributed by atoms with van der Waals surface area (Å²) in [4.78, 5) is 4.58. The maximum atomic E-state index is 5.79. The van der Waals surface area contributed by atoms with Gasteiger partial charge in [-0.2, -0.15) is 0 Å². The number of pyridine rings is 1. The molecule has 0 aliphatic rings. The fourth-order valence-electron chi connectivity index (χ4n) is 3.43. The maximum absolute atomic E-state index is 5.79. The van der Waals surface area contributed by atoms with Crippen molar-refractivity contribution in [1.29, 1.82) is 0 Å². The lowest BCUT2D eigenvalue weighted by Gasteiger charge is -2.08. The zero-order chi connectivity index (χ0) is 20.3. The number of hydrogen-bond donors (Lipinski definition) is 0. The van der Waals surface area contributed by atoms with Crippen molar-refractivity contribution in [3.05, 3.63) is 83.6 Å². The first-order valence-corrected chi connectivity index (χ1v) is 11.0. The summed E-state index contributed by atoms with van der Waals surface area (Å²) in [6, 6.07) is 21.8. The molecule has 0 amide bonds. The van der Waals surface area contributed by atoms with Crippen LogP contribution in [0, 0.1) is 0 Å². The summed E-state index contributed by atoms with van der Waals surface area (Å²) in [5.74, 6) is 0.857. The fraction of sp³-hybridized carbons (Fsp3) is 0.370. The molecule has 3 aromatic rings. The van der Waals surface area contributed by atoms with Crippen molar-refractivity contribution in [2.45, 2.75) is 58.8 Å². The van der Waals surface area contributed by atoms with E-state index in [1.54, 1.807) is 0 Å². The number of aromatic nitrogens is 1. The Labute approximate surface area is 176 Å². The zero-order valence-corrected chi connectivity index (χ0v) is 17.9. The second-order valence-corrected chi connectivity index (χ2v) is 7.66. The van der Waals surface area contributed by atoms with Gasteiger partial charge in [0.05, 0.1) is 18.5 Å². The Morgan fingerprint density at radius 1 is 0.690 bits per heavy atom. The third-order valence-electron chi connectivity index (χ3n) is 5.39. The number of nitrogens with zero attached hydrogens (tertiary/aromatic N) is 1. The number of ether oxygens (including phenoxy) is 1. The molecular weight excluding hydrogens is 354 g/mol. The van der Waals surface area contributed by atoms with Crippen LogP contribution in [0.25, 0.3) is 11.3 Å². The summed E-state index contributed by atoms with van der Waals surface area (Å²) in [7, 11) is 0. The normalized spacial score (nSPS) is 10.8. The van der Waals surface area contributed by atoms with Crippen molar-refractivity contribution >= 4 is 0 Å². The van der Waals surface area contributed by atoms with E-state index in [1.165, 1.54) is 36.0 Å². The van der Waals surface area contributed by atoms with Gasteiger partial charge in [-0.25, -0.2) is 0 Å². The minimum Gasteiger partial charge on any atom is -0.492 e. The molecule has 0 saturated carbocycles. The van der Waals surface area contributed by atoms with Gasteiger partial charge in [0, 0.05) is 5.56 Å². The maximum Gasteiger partial charge on any atom is 0.137 e. The Hall–Kier alpha value is -2.61. The Morgan fingerprint density at radius 2 is 1.34 bits per heavy atom. The molecule has 152 valence electrons. The molecule has 0 radical (unpaired) electrons. The molecule has 2 nitrogen and oxygen atoms in total. The van der Waals surface area contributed by atoms with E-state index in [0.29, 0.717) is 0 Å². The Morgan fingerprint density at radius 3 is 1.93 bits per heavy atom. The van der Waals surface area contributed by atoms with Crippen molar-refractivity contribution in [3.8, 4) is 17.0 Å². The fourth-order valence-corrected chi connectivity index (χ4v) is 3.43. The molecule has 1 aromatic heterocycles. The topological polar surface area (TPSA) is 22.1 Å². The molecule has 3 rings (SSSR count). The summed E-state index contributed by atoms with van der Waals surface area (Å²) in [5, 5.41) is 0. The van der Waals surface area contributed by atoms with Crippen molar-refractivity contribution < 1.29 is 4.74 Å². The highest BCUT2D eigenvalue weighted by Gasteiger charge is 2.02. The average molecular weight is 388 g/mol. The number of benzene rings is 2. The van der Waals surface area contributed by atoms with Crippen LogP contribution in [0.1, 0.15) is 56.2 Å². The molecular formula is C27H33NO. The third-order valence-corrected chi connectivity index (χ3v) is 5.39. The Kier molecular flexibility index (Phi) is 8.30. The van der Waals surface area contributed by atoms with Gasteiger partial charge in [-0.3, -0.25) is 4.98 Å². The summed E-state index contributed by atoms with van der Waals surface area (Å²) in [5.41, 5.74) is 6.30. The van der Waals surface area contributed by atoms with Crippen LogP contribution in [-0.4, -0.2) is 11.6 Å². The number of rotatable bonds is 11. The van der Waals surface area contributed by atoms with Crippen molar-refractivity contribution in [3.63, 3.8) is 0 Å².